The molecule has 1 aliphatic rings. The maximum absolute atomic E-state index is 14.6. The van der Waals surface area contributed by atoms with Crippen molar-refractivity contribution in [2.75, 3.05) is 32.8 Å². The predicted molar refractivity (Wildman–Crippen MR) is 130 cm³/mol. The van der Waals surface area contributed by atoms with Gasteiger partial charge < -0.3 is 18.6 Å². The second-order valence-electron chi connectivity index (χ2n) is 9.54. The highest BCUT2D eigenvalue weighted by Crippen LogP contribution is 2.36. The minimum absolute atomic E-state index is 0.0162. The number of hydrogen-bond donors (Lipinski definition) is 1. The molecule has 0 heterocycles. The normalized spacial score (nSPS) is 17.3. The number of rotatable bonds is 15. The fraction of sp³-hybridized carbons (Fsp3) is 0.739. The number of halogens is 1. The number of ether oxygens (including phenoxy) is 3. The van der Waals surface area contributed by atoms with Crippen LogP contribution in [-0.4, -0.2) is 55.6 Å². The van der Waals surface area contributed by atoms with E-state index >= 15 is 0 Å². The maximum atomic E-state index is 14.6. The quantitative estimate of drug-likeness (QED) is 0.214. The lowest BCUT2D eigenvalue weighted by molar-refractivity contribution is -0.0298. The molecule has 1 unspecified atom stereocenters. The highest BCUT2D eigenvalue weighted by Gasteiger charge is 2.38. The van der Waals surface area contributed by atoms with Crippen LogP contribution in [-0.2, 0) is 29.5 Å². The summed E-state index contributed by atoms with van der Waals surface area (Å²) in [5.74, 6) is -0.280. The van der Waals surface area contributed by atoms with Crippen LogP contribution in [0.2, 0.25) is 19.6 Å². The van der Waals surface area contributed by atoms with Gasteiger partial charge in [0.05, 0.1) is 24.1 Å². The van der Waals surface area contributed by atoms with E-state index in [1.54, 1.807) is 12.1 Å². The third-order valence-corrected chi connectivity index (χ3v) is 8.02. The van der Waals surface area contributed by atoms with Gasteiger partial charge in [-0.05, 0) is 75.9 Å². The molecule has 2 rings (SSSR count). The number of hydrogen-bond acceptors (Lipinski definition) is 6. The van der Waals surface area contributed by atoms with Crippen LogP contribution in [0.5, 0.6) is 5.75 Å². The Labute approximate surface area is 199 Å². The number of benzene rings is 1. The average Bonchev–Trinajstić information content (AvgIpc) is 3.25. The molecule has 33 heavy (non-hydrogen) atoms. The van der Waals surface area contributed by atoms with Crippen molar-refractivity contribution >= 4 is 18.3 Å². The summed E-state index contributed by atoms with van der Waals surface area (Å²) in [6.07, 6.45) is 4.89. The lowest BCUT2D eigenvalue weighted by Crippen LogP contribution is -2.48. The molecule has 1 aliphatic carbocycles. The van der Waals surface area contributed by atoms with E-state index in [2.05, 4.69) is 24.4 Å². The van der Waals surface area contributed by atoms with Crippen molar-refractivity contribution in [2.45, 2.75) is 76.8 Å². The minimum atomic E-state index is -3.55. The van der Waals surface area contributed by atoms with Crippen LogP contribution in [0.15, 0.2) is 18.2 Å². The highest BCUT2D eigenvalue weighted by atomic mass is 32.2. The molecule has 0 bridgehead atoms. The first-order chi connectivity index (χ1) is 15.5. The molecule has 1 aromatic carbocycles. The fourth-order valence-corrected chi connectivity index (χ4v) is 6.64. The van der Waals surface area contributed by atoms with Gasteiger partial charge in [0.15, 0.2) is 19.9 Å². The van der Waals surface area contributed by atoms with Crippen molar-refractivity contribution < 1.29 is 31.4 Å². The molecule has 0 spiro atoms. The van der Waals surface area contributed by atoms with E-state index in [0.29, 0.717) is 25.0 Å². The van der Waals surface area contributed by atoms with Gasteiger partial charge in [0.1, 0.15) is 6.79 Å². The number of nitrogens with one attached hydrogen (secondary N) is 1. The molecular formula is C23H40FNO6SSi. The maximum Gasteiger partial charge on any atom is 0.211 e. The van der Waals surface area contributed by atoms with Gasteiger partial charge in [-0.25, -0.2) is 17.5 Å². The molecule has 0 aliphatic heterocycles. The zero-order valence-corrected chi connectivity index (χ0v) is 22.4. The zero-order chi connectivity index (χ0) is 24.5. The van der Waals surface area contributed by atoms with E-state index in [1.807, 2.05) is 6.92 Å². The van der Waals surface area contributed by atoms with Gasteiger partial charge in [-0.1, -0.05) is 13.0 Å². The summed E-state index contributed by atoms with van der Waals surface area (Å²) < 4.78 is 65.1. The Morgan fingerprint density at radius 1 is 1.21 bits per heavy atom. The van der Waals surface area contributed by atoms with Gasteiger partial charge in [-0.3, -0.25) is 0 Å². The molecular weight excluding hydrogens is 465 g/mol. The van der Waals surface area contributed by atoms with Crippen molar-refractivity contribution in [1.29, 1.82) is 0 Å². The average molecular weight is 506 g/mol. The third-order valence-electron chi connectivity index (χ3n) is 5.61. The Morgan fingerprint density at radius 2 is 1.91 bits per heavy atom. The predicted octanol–water partition coefficient (Wildman–Crippen LogP) is 4.53. The van der Waals surface area contributed by atoms with Gasteiger partial charge in [0.25, 0.3) is 0 Å². The van der Waals surface area contributed by atoms with E-state index in [9.17, 15) is 12.8 Å². The Hall–Kier alpha value is -1.04. The van der Waals surface area contributed by atoms with Crippen LogP contribution in [0.1, 0.15) is 51.0 Å². The summed E-state index contributed by atoms with van der Waals surface area (Å²) in [6.45, 7) is 8.60. The molecule has 0 aromatic heterocycles. The largest absolute Gasteiger partial charge is 0.487 e. The van der Waals surface area contributed by atoms with Crippen LogP contribution in [0.25, 0.3) is 0 Å². The van der Waals surface area contributed by atoms with Crippen molar-refractivity contribution in [3.8, 4) is 5.75 Å². The number of methoxy groups -OCH3 is 1. The van der Waals surface area contributed by atoms with Crippen LogP contribution in [0.4, 0.5) is 4.39 Å². The standard InChI is InChI=1S/C23H40FNO6SSi/c1-6-23(31-33(3,4)5,17-25-32(26,27)15-9-14-29-18-28-2)19-12-13-21(24)22(16-19)30-20-10-7-8-11-20/h12-13,16,20,25H,6-11,14-15,17-18H2,1-5H3. The summed E-state index contributed by atoms with van der Waals surface area (Å²) in [5, 5.41) is 0. The Balaban J connectivity index is 2.22. The first-order valence-electron chi connectivity index (χ1n) is 11.7. The van der Waals surface area contributed by atoms with Crippen molar-refractivity contribution in [3.63, 3.8) is 0 Å². The third kappa shape index (κ3) is 9.26. The summed E-state index contributed by atoms with van der Waals surface area (Å²) in [7, 11) is -4.14. The molecule has 1 aromatic rings. The van der Waals surface area contributed by atoms with Crippen LogP contribution in [0.3, 0.4) is 0 Å². The van der Waals surface area contributed by atoms with Gasteiger partial charge in [-0.2, -0.15) is 0 Å². The summed E-state index contributed by atoms with van der Waals surface area (Å²) in [4.78, 5) is 0. The minimum Gasteiger partial charge on any atom is -0.487 e. The van der Waals surface area contributed by atoms with Crippen LogP contribution < -0.4 is 9.46 Å². The molecule has 0 radical (unpaired) electrons. The molecule has 10 heteroatoms. The van der Waals surface area contributed by atoms with Crippen LogP contribution in [0, 0.1) is 5.82 Å². The molecule has 1 atom stereocenters. The van der Waals surface area contributed by atoms with E-state index in [4.69, 9.17) is 18.6 Å². The Kier molecular flexibility index (Phi) is 10.8. The SMILES string of the molecule is CCC(CNS(=O)(=O)CCCOCOC)(O[Si](C)(C)C)c1ccc(F)c(OC2CCCC2)c1. The monoisotopic (exact) mass is 505 g/mol. The van der Waals surface area contributed by atoms with E-state index < -0.39 is 29.8 Å². The second-order valence-corrected chi connectivity index (χ2v) is 15.9. The lowest BCUT2D eigenvalue weighted by Gasteiger charge is -2.39. The molecule has 1 N–H and O–H groups in total. The molecule has 0 saturated heterocycles. The summed E-state index contributed by atoms with van der Waals surface area (Å²) in [5.41, 5.74) is -0.209. The molecule has 7 nitrogen and oxygen atoms in total. The molecule has 1 saturated carbocycles. The number of sulfonamides is 1. The summed E-state index contributed by atoms with van der Waals surface area (Å²) in [6, 6.07) is 4.75. The van der Waals surface area contributed by atoms with Crippen molar-refractivity contribution in [1.82, 2.24) is 4.72 Å². The smallest absolute Gasteiger partial charge is 0.211 e. The molecule has 190 valence electrons. The second kappa shape index (κ2) is 12.6. The Morgan fingerprint density at radius 3 is 2.52 bits per heavy atom. The molecule has 0 amide bonds. The van der Waals surface area contributed by atoms with Gasteiger partial charge in [-0.15, -0.1) is 0 Å². The van der Waals surface area contributed by atoms with Gasteiger partial charge in [0, 0.05) is 13.7 Å². The lowest BCUT2D eigenvalue weighted by atomic mass is 9.91. The Bertz CT molecular complexity index is 842. The fourth-order valence-electron chi connectivity index (χ4n) is 4.04. The topological polar surface area (TPSA) is 83.1 Å². The van der Waals surface area contributed by atoms with E-state index in [1.165, 1.54) is 13.2 Å². The van der Waals surface area contributed by atoms with Crippen molar-refractivity contribution in [2.24, 2.45) is 0 Å². The summed E-state index contributed by atoms with van der Waals surface area (Å²) >= 11 is 0. The first-order valence-corrected chi connectivity index (χ1v) is 16.8. The zero-order valence-electron chi connectivity index (χ0n) is 20.6. The van der Waals surface area contributed by atoms with Gasteiger partial charge >= 0.3 is 0 Å². The van der Waals surface area contributed by atoms with E-state index in [0.717, 1.165) is 25.7 Å². The highest BCUT2D eigenvalue weighted by molar-refractivity contribution is 7.89. The first kappa shape index (κ1) is 28.2. The van der Waals surface area contributed by atoms with Crippen LogP contribution >= 0.6 is 0 Å². The van der Waals surface area contributed by atoms with Crippen molar-refractivity contribution in [3.05, 3.63) is 29.6 Å². The van der Waals surface area contributed by atoms with E-state index in [-0.39, 0.29) is 30.9 Å². The van der Waals surface area contributed by atoms with Gasteiger partial charge in [0.2, 0.25) is 10.0 Å². The molecule has 1 fully saturated rings.